The van der Waals surface area contributed by atoms with Gasteiger partial charge in [0.1, 0.15) is 10.6 Å². The standard InChI is InChI=1S/C27H24N4O6S.Na/c1-3-31(27(34)18-7-5-4-6-8-18)22-13-11-20(12-14-22)29-30-25-24(38(35,36)37)15-19-9-10-21(28-17(2)32)16-23(19)26(25)33;/h4-16,33H,3H2,1-2H3,(H,28,32)(H,35,36,37);/q;+1/p-1. The summed E-state index contributed by atoms with van der Waals surface area (Å²) in [4.78, 5) is 17.6. The Morgan fingerprint density at radius 3 is 2.18 bits per heavy atom. The number of carbonyl (C=O) groups excluding carboxylic acids is 1. The Labute approximate surface area is 247 Å². The van der Waals surface area contributed by atoms with Crippen molar-refractivity contribution in [3.63, 3.8) is 0 Å². The number of benzene rings is 4. The number of anilines is 1. The van der Waals surface area contributed by atoms with Crippen molar-refractivity contribution in [2.75, 3.05) is 11.4 Å². The largest absolute Gasteiger partial charge is 1.00 e. The van der Waals surface area contributed by atoms with Crippen LogP contribution in [0.5, 0.6) is 5.75 Å². The van der Waals surface area contributed by atoms with Gasteiger partial charge < -0.3 is 15.1 Å². The summed E-state index contributed by atoms with van der Waals surface area (Å²) in [5.41, 5.74) is 1.25. The van der Waals surface area contributed by atoms with E-state index >= 15 is 0 Å². The van der Waals surface area contributed by atoms with Crippen LogP contribution < -0.4 is 39.6 Å². The molecule has 0 spiro atoms. The van der Waals surface area contributed by atoms with E-state index in [9.17, 15) is 28.0 Å². The Hall–Kier alpha value is -3.61. The summed E-state index contributed by atoms with van der Waals surface area (Å²) in [5.74, 6) is -1.17. The molecule has 39 heavy (non-hydrogen) atoms. The van der Waals surface area contributed by atoms with Gasteiger partial charge in [-0.2, -0.15) is 13.5 Å². The molecule has 0 radical (unpaired) electrons. The van der Waals surface area contributed by atoms with Gasteiger partial charge in [0.05, 0.1) is 11.4 Å². The number of aromatic hydroxyl groups is 1. The Kier molecular flexibility index (Phi) is 9.59. The maximum absolute atomic E-state index is 12.9. The third kappa shape index (κ3) is 6.88. The minimum absolute atomic E-state index is 0. The first kappa shape index (κ1) is 29.9. The van der Waals surface area contributed by atoms with Gasteiger partial charge in [0, 0.05) is 23.2 Å². The van der Waals surface area contributed by atoms with Gasteiger partial charge in [0.2, 0.25) is 0 Å². The van der Waals surface area contributed by atoms with Gasteiger partial charge in [-0.25, -0.2) is 0 Å². The molecule has 0 fully saturated rings. The van der Waals surface area contributed by atoms with Crippen molar-refractivity contribution in [3.8, 4) is 5.75 Å². The number of fused-ring (bicyclic) bond motifs is 1. The predicted octanol–water partition coefficient (Wildman–Crippen LogP) is 2.29. The van der Waals surface area contributed by atoms with Gasteiger partial charge in [-0.3, -0.25) is 14.3 Å². The SMILES string of the molecule is CCN(C(=O)c1ccccc1)c1ccc(N=Nc2c(S(=O)(=O)O)cc3ccc(N=C(C)[O-])cc3c2O)cc1.[Na+]. The fourth-order valence-electron chi connectivity index (χ4n) is 3.86. The number of azo groups is 1. The summed E-state index contributed by atoms with van der Waals surface area (Å²) >= 11 is 0. The van der Waals surface area contributed by atoms with Crippen LogP contribution >= 0.6 is 0 Å². The zero-order chi connectivity index (χ0) is 27.4. The second-order valence-corrected chi connectivity index (χ2v) is 9.61. The minimum atomic E-state index is -4.77. The van der Waals surface area contributed by atoms with Crippen molar-refractivity contribution in [1.82, 2.24) is 0 Å². The first-order valence-corrected chi connectivity index (χ1v) is 12.9. The van der Waals surface area contributed by atoms with Gasteiger partial charge in [-0.1, -0.05) is 24.3 Å². The molecular weight excluding hydrogens is 531 g/mol. The van der Waals surface area contributed by atoms with Crippen molar-refractivity contribution in [3.05, 3.63) is 84.4 Å². The van der Waals surface area contributed by atoms with Crippen LogP contribution in [0.4, 0.5) is 22.7 Å². The number of carbonyl (C=O) groups is 1. The summed E-state index contributed by atoms with van der Waals surface area (Å²) in [7, 11) is -4.77. The van der Waals surface area contributed by atoms with E-state index in [1.807, 2.05) is 13.0 Å². The van der Waals surface area contributed by atoms with Crippen LogP contribution in [0.25, 0.3) is 10.8 Å². The second kappa shape index (κ2) is 12.5. The summed E-state index contributed by atoms with van der Waals surface area (Å²) < 4.78 is 33.9. The molecule has 0 bridgehead atoms. The topological polar surface area (TPSA) is 155 Å². The molecule has 0 aromatic heterocycles. The van der Waals surface area contributed by atoms with Crippen LogP contribution in [-0.2, 0) is 10.1 Å². The average molecular weight is 555 g/mol. The fraction of sp³-hybridized carbons (Fsp3) is 0.111. The summed E-state index contributed by atoms with van der Waals surface area (Å²) in [6.07, 6.45) is 0. The Morgan fingerprint density at radius 1 is 0.949 bits per heavy atom. The van der Waals surface area contributed by atoms with E-state index in [0.717, 1.165) is 6.07 Å². The van der Waals surface area contributed by atoms with Crippen LogP contribution in [-0.4, -0.2) is 36.4 Å². The van der Waals surface area contributed by atoms with Gasteiger partial charge in [0.15, 0.2) is 5.75 Å². The van der Waals surface area contributed by atoms with Crippen molar-refractivity contribution in [2.45, 2.75) is 18.7 Å². The minimum Gasteiger partial charge on any atom is -0.862 e. The third-order valence-corrected chi connectivity index (χ3v) is 6.48. The van der Waals surface area contributed by atoms with E-state index < -0.39 is 32.3 Å². The van der Waals surface area contributed by atoms with E-state index in [0.29, 0.717) is 23.5 Å². The molecule has 194 valence electrons. The molecule has 10 nitrogen and oxygen atoms in total. The molecule has 4 aromatic rings. The average Bonchev–Trinajstić information content (AvgIpc) is 2.89. The number of hydrogen-bond donors (Lipinski definition) is 2. The van der Waals surface area contributed by atoms with Gasteiger partial charge in [-0.05, 0) is 79.7 Å². The number of phenolic OH excluding ortho intramolecular Hbond substituents is 1. The molecule has 4 rings (SSSR count). The Morgan fingerprint density at radius 2 is 1.59 bits per heavy atom. The van der Waals surface area contributed by atoms with Gasteiger partial charge in [-0.15, -0.1) is 5.11 Å². The molecule has 0 aliphatic carbocycles. The Balaban J connectivity index is 0.00000420. The number of phenols is 1. The van der Waals surface area contributed by atoms with E-state index in [1.54, 1.807) is 53.4 Å². The molecule has 0 saturated heterocycles. The number of amides is 1. The maximum atomic E-state index is 12.9. The van der Waals surface area contributed by atoms with Crippen molar-refractivity contribution >= 4 is 55.4 Å². The normalized spacial score (nSPS) is 11.9. The molecule has 0 heterocycles. The maximum Gasteiger partial charge on any atom is 1.00 e. The molecule has 0 atom stereocenters. The summed E-state index contributed by atoms with van der Waals surface area (Å²) in [6, 6.07) is 20.8. The molecule has 4 aromatic carbocycles. The smallest absolute Gasteiger partial charge is 0.862 e. The predicted molar refractivity (Wildman–Crippen MR) is 143 cm³/mol. The van der Waals surface area contributed by atoms with Gasteiger partial charge in [0.25, 0.3) is 16.0 Å². The monoisotopic (exact) mass is 554 g/mol. The summed E-state index contributed by atoms with van der Waals surface area (Å²) in [6.45, 7) is 3.55. The zero-order valence-corrected chi connectivity index (χ0v) is 24.3. The molecular formula is C27H23N4NaO6S. The van der Waals surface area contributed by atoms with Gasteiger partial charge >= 0.3 is 29.6 Å². The number of aliphatic imine (C=N–C) groups is 1. The van der Waals surface area contributed by atoms with Crippen LogP contribution in [0, 0.1) is 0 Å². The summed E-state index contributed by atoms with van der Waals surface area (Å²) in [5, 5.41) is 30.6. The third-order valence-electron chi connectivity index (χ3n) is 5.61. The quantitative estimate of drug-likeness (QED) is 0.117. The van der Waals surface area contributed by atoms with E-state index in [2.05, 4.69) is 15.2 Å². The second-order valence-electron chi connectivity index (χ2n) is 8.22. The molecule has 12 heteroatoms. The van der Waals surface area contributed by atoms with Crippen LogP contribution in [0.3, 0.4) is 0 Å². The molecule has 2 N–H and O–H groups in total. The molecule has 1 amide bonds. The van der Waals surface area contributed by atoms with E-state index in [-0.39, 0.29) is 51.9 Å². The van der Waals surface area contributed by atoms with Crippen LogP contribution in [0.1, 0.15) is 24.2 Å². The Bertz CT molecular complexity index is 1670. The fourth-order valence-corrected chi connectivity index (χ4v) is 4.52. The molecule has 0 aliphatic rings. The molecule has 0 saturated carbocycles. The first-order chi connectivity index (χ1) is 18.1. The van der Waals surface area contributed by atoms with Crippen molar-refractivity contribution < 1.29 is 57.5 Å². The first-order valence-electron chi connectivity index (χ1n) is 11.5. The zero-order valence-electron chi connectivity index (χ0n) is 21.4. The van der Waals surface area contributed by atoms with Crippen molar-refractivity contribution in [2.24, 2.45) is 15.2 Å². The number of hydrogen-bond acceptors (Lipinski definition) is 8. The van der Waals surface area contributed by atoms with Crippen LogP contribution in [0.15, 0.2) is 99.0 Å². The van der Waals surface area contributed by atoms with Crippen LogP contribution in [0.2, 0.25) is 0 Å². The van der Waals surface area contributed by atoms with Crippen molar-refractivity contribution in [1.29, 1.82) is 0 Å². The number of nitrogens with zero attached hydrogens (tertiary/aromatic N) is 4. The molecule has 0 unspecified atom stereocenters. The van der Waals surface area contributed by atoms with E-state index in [4.69, 9.17) is 0 Å². The number of rotatable bonds is 7. The molecule has 0 aliphatic heterocycles. The van der Waals surface area contributed by atoms with E-state index in [1.165, 1.54) is 25.1 Å².